The second kappa shape index (κ2) is 6.13. The van der Waals surface area contributed by atoms with Crippen LogP contribution in [0.2, 0.25) is 0 Å². The highest BCUT2D eigenvalue weighted by atomic mass is 79.9. The van der Waals surface area contributed by atoms with Gasteiger partial charge in [-0.2, -0.15) is 0 Å². The van der Waals surface area contributed by atoms with Crippen LogP contribution < -0.4 is 4.74 Å². The summed E-state index contributed by atoms with van der Waals surface area (Å²) < 4.78 is 6.68. The van der Waals surface area contributed by atoms with Crippen molar-refractivity contribution in [3.8, 4) is 5.75 Å². The number of aliphatic hydroxyl groups excluding tert-OH is 1. The molecule has 1 N–H and O–H groups in total. The van der Waals surface area contributed by atoms with Crippen molar-refractivity contribution in [3.63, 3.8) is 0 Å². The summed E-state index contributed by atoms with van der Waals surface area (Å²) in [7, 11) is 0. The zero-order chi connectivity index (χ0) is 11.3. The molecule has 1 aromatic carbocycles. The predicted octanol–water partition coefficient (Wildman–Crippen LogP) is 3.33. The normalized spacial score (nSPS) is 10.7. The van der Waals surface area contributed by atoms with Gasteiger partial charge in [0.1, 0.15) is 5.75 Å². The van der Waals surface area contributed by atoms with Gasteiger partial charge in [0.05, 0.1) is 6.61 Å². The van der Waals surface area contributed by atoms with Crippen LogP contribution in [0.5, 0.6) is 5.75 Å². The fraction of sp³-hybridized carbons (Fsp3) is 0.500. The van der Waals surface area contributed by atoms with Gasteiger partial charge in [-0.25, -0.2) is 0 Å². The first kappa shape index (κ1) is 12.5. The average molecular weight is 273 g/mol. The second-order valence-electron chi connectivity index (χ2n) is 3.76. The van der Waals surface area contributed by atoms with E-state index >= 15 is 0 Å². The molecule has 0 aliphatic carbocycles. The van der Waals surface area contributed by atoms with Crippen LogP contribution in [-0.2, 0) is 0 Å². The molecule has 0 fully saturated rings. The lowest BCUT2D eigenvalue weighted by molar-refractivity contribution is 0.232. The minimum Gasteiger partial charge on any atom is -0.493 e. The summed E-state index contributed by atoms with van der Waals surface area (Å²) in [5, 5.41) is 8.68. The van der Waals surface area contributed by atoms with Crippen molar-refractivity contribution < 1.29 is 9.84 Å². The Hall–Kier alpha value is -0.540. The maximum absolute atomic E-state index is 8.68. The summed E-state index contributed by atoms with van der Waals surface area (Å²) in [5.74, 6) is 1.35. The second-order valence-corrected chi connectivity index (χ2v) is 4.68. The molecule has 0 spiro atoms. The van der Waals surface area contributed by atoms with Gasteiger partial charge in [-0.3, -0.25) is 0 Å². The van der Waals surface area contributed by atoms with Gasteiger partial charge in [0.15, 0.2) is 0 Å². The molecule has 1 rings (SSSR count). The third kappa shape index (κ3) is 3.84. The smallest absolute Gasteiger partial charge is 0.122 e. The summed E-state index contributed by atoms with van der Waals surface area (Å²) in [6.07, 6.45) is 0.674. The largest absolute Gasteiger partial charge is 0.493 e. The van der Waals surface area contributed by atoms with Crippen LogP contribution in [0.25, 0.3) is 0 Å². The van der Waals surface area contributed by atoms with Gasteiger partial charge in [-0.05, 0) is 29.7 Å². The van der Waals surface area contributed by atoms with Crippen molar-refractivity contribution in [3.05, 3.63) is 28.2 Å². The maximum atomic E-state index is 8.68. The number of aliphatic hydroxyl groups is 1. The van der Waals surface area contributed by atoms with E-state index in [-0.39, 0.29) is 6.61 Å². The van der Waals surface area contributed by atoms with Crippen LogP contribution >= 0.6 is 15.9 Å². The summed E-state index contributed by atoms with van der Waals surface area (Å²) in [5.41, 5.74) is 1.20. The lowest BCUT2D eigenvalue weighted by Gasteiger charge is -2.14. The third-order valence-corrected chi connectivity index (χ3v) is 2.65. The SMILES string of the molecule is CC(C)c1cc(Br)ccc1OCCCO. The molecule has 0 radical (unpaired) electrons. The Morgan fingerprint density at radius 1 is 1.40 bits per heavy atom. The van der Waals surface area contributed by atoms with E-state index in [0.29, 0.717) is 18.9 Å². The van der Waals surface area contributed by atoms with Gasteiger partial charge in [0.2, 0.25) is 0 Å². The maximum Gasteiger partial charge on any atom is 0.122 e. The van der Waals surface area contributed by atoms with Crippen LogP contribution in [0.3, 0.4) is 0 Å². The van der Waals surface area contributed by atoms with Gasteiger partial charge in [0.25, 0.3) is 0 Å². The first-order chi connectivity index (χ1) is 7.15. The zero-order valence-electron chi connectivity index (χ0n) is 9.16. The summed E-state index contributed by atoms with van der Waals surface area (Å²) >= 11 is 3.45. The van der Waals surface area contributed by atoms with Gasteiger partial charge < -0.3 is 9.84 Å². The molecule has 0 saturated carbocycles. The van der Waals surface area contributed by atoms with Gasteiger partial charge in [-0.1, -0.05) is 29.8 Å². The minimum absolute atomic E-state index is 0.174. The van der Waals surface area contributed by atoms with Crippen molar-refractivity contribution in [2.75, 3.05) is 13.2 Å². The van der Waals surface area contributed by atoms with E-state index in [1.807, 2.05) is 12.1 Å². The monoisotopic (exact) mass is 272 g/mol. The van der Waals surface area contributed by atoms with Crippen LogP contribution in [-0.4, -0.2) is 18.3 Å². The van der Waals surface area contributed by atoms with E-state index < -0.39 is 0 Å². The molecule has 0 atom stereocenters. The molecule has 84 valence electrons. The highest BCUT2D eigenvalue weighted by Crippen LogP contribution is 2.29. The molecular formula is C12H17BrO2. The minimum atomic E-state index is 0.174. The molecule has 0 heterocycles. The Morgan fingerprint density at radius 2 is 2.13 bits per heavy atom. The Balaban J connectivity index is 2.77. The summed E-state index contributed by atoms with van der Waals surface area (Å²) in [4.78, 5) is 0. The Morgan fingerprint density at radius 3 is 2.73 bits per heavy atom. The third-order valence-electron chi connectivity index (χ3n) is 2.15. The Bertz CT molecular complexity index is 310. The van der Waals surface area contributed by atoms with Gasteiger partial charge in [-0.15, -0.1) is 0 Å². The van der Waals surface area contributed by atoms with E-state index in [1.54, 1.807) is 0 Å². The van der Waals surface area contributed by atoms with E-state index in [1.165, 1.54) is 5.56 Å². The van der Waals surface area contributed by atoms with Gasteiger partial charge in [0, 0.05) is 17.5 Å². The van der Waals surface area contributed by atoms with Crippen molar-refractivity contribution in [2.24, 2.45) is 0 Å². The molecule has 0 aliphatic heterocycles. The zero-order valence-corrected chi connectivity index (χ0v) is 10.8. The van der Waals surface area contributed by atoms with Crippen LogP contribution in [0.15, 0.2) is 22.7 Å². The number of hydrogen-bond acceptors (Lipinski definition) is 2. The molecule has 0 saturated heterocycles. The van der Waals surface area contributed by atoms with E-state index in [9.17, 15) is 0 Å². The first-order valence-corrected chi connectivity index (χ1v) is 5.97. The van der Waals surface area contributed by atoms with Crippen molar-refractivity contribution in [1.82, 2.24) is 0 Å². The summed E-state index contributed by atoms with van der Waals surface area (Å²) in [6, 6.07) is 6.02. The highest BCUT2D eigenvalue weighted by molar-refractivity contribution is 9.10. The fourth-order valence-electron chi connectivity index (χ4n) is 1.35. The van der Waals surface area contributed by atoms with Crippen LogP contribution in [0.4, 0.5) is 0 Å². The molecule has 0 aliphatic rings. The van der Waals surface area contributed by atoms with Crippen LogP contribution in [0, 0.1) is 0 Å². The van der Waals surface area contributed by atoms with E-state index in [0.717, 1.165) is 10.2 Å². The topological polar surface area (TPSA) is 29.5 Å². The molecule has 0 unspecified atom stereocenters. The lowest BCUT2D eigenvalue weighted by atomic mass is 10.0. The highest BCUT2D eigenvalue weighted by Gasteiger charge is 2.08. The Labute approximate surface area is 99.4 Å². The van der Waals surface area contributed by atoms with Crippen molar-refractivity contribution in [2.45, 2.75) is 26.2 Å². The molecule has 0 aromatic heterocycles. The molecule has 3 heteroatoms. The number of halogens is 1. The van der Waals surface area contributed by atoms with Gasteiger partial charge >= 0.3 is 0 Å². The van der Waals surface area contributed by atoms with Crippen molar-refractivity contribution >= 4 is 15.9 Å². The molecule has 0 amide bonds. The molecule has 1 aromatic rings. The van der Waals surface area contributed by atoms with Crippen molar-refractivity contribution in [1.29, 1.82) is 0 Å². The lowest BCUT2D eigenvalue weighted by Crippen LogP contribution is -2.02. The number of hydrogen-bond donors (Lipinski definition) is 1. The summed E-state index contributed by atoms with van der Waals surface area (Å²) in [6.45, 7) is 5.02. The molecule has 2 nitrogen and oxygen atoms in total. The molecule has 15 heavy (non-hydrogen) atoms. The van der Waals surface area contributed by atoms with E-state index in [4.69, 9.17) is 9.84 Å². The number of ether oxygens (including phenoxy) is 1. The fourth-order valence-corrected chi connectivity index (χ4v) is 1.73. The Kier molecular flexibility index (Phi) is 5.12. The number of rotatable bonds is 5. The first-order valence-electron chi connectivity index (χ1n) is 5.18. The standard InChI is InChI=1S/C12H17BrO2/c1-9(2)11-8-10(13)4-5-12(11)15-7-3-6-14/h4-5,8-9,14H,3,6-7H2,1-2H3. The predicted molar refractivity (Wildman–Crippen MR) is 65.4 cm³/mol. The van der Waals surface area contributed by atoms with E-state index in [2.05, 4.69) is 35.8 Å². The van der Waals surface area contributed by atoms with Crippen LogP contribution in [0.1, 0.15) is 31.7 Å². The average Bonchev–Trinajstić information content (AvgIpc) is 2.20. The number of benzene rings is 1. The molecule has 0 bridgehead atoms. The quantitative estimate of drug-likeness (QED) is 0.834. The molecular weight excluding hydrogens is 256 g/mol.